The lowest BCUT2D eigenvalue weighted by atomic mass is 9.91. The van der Waals surface area contributed by atoms with Crippen molar-refractivity contribution in [1.82, 2.24) is 10.2 Å². The minimum absolute atomic E-state index is 0.307. The third-order valence-corrected chi connectivity index (χ3v) is 4.73. The second-order valence-electron chi connectivity index (χ2n) is 6.59. The molecule has 1 aromatic carbocycles. The Bertz CT molecular complexity index is 461. The minimum atomic E-state index is 0.307. The van der Waals surface area contributed by atoms with Crippen LogP contribution >= 0.6 is 0 Å². The summed E-state index contributed by atoms with van der Waals surface area (Å²) < 4.78 is 5.52. The molecule has 1 heterocycles. The molecule has 118 valence electrons. The predicted molar refractivity (Wildman–Crippen MR) is 89.0 cm³/mol. The molecule has 0 amide bonds. The highest BCUT2D eigenvalue weighted by atomic mass is 16.5. The molecule has 3 unspecified atom stereocenters. The van der Waals surface area contributed by atoms with Gasteiger partial charge in [0.25, 0.3) is 0 Å². The van der Waals surface area contributed by atoms with Crippen LogP contribution < -0.4 is 10.1 Å². The van der Waals surface area contributed by atoms with Crippen molar-refractivity contribution < 1.29 is 4.74 Å². The molecule has 0 bridgehead atoms. The fraction of sp³-hybridized carbons (Fsp3) is 0.667. The van der Waals surface area contributed by atoms with Gasteiger partial charge in [0.05, 0.1) is 7.11 Å². The number of methoxy groups -OCH3 is 1. The molecule has 3 atom stereocenters. The molecule has 1 aliphatic heterocycles. The smallest absolute Gasteiger partial charge is 0.123 e. The highest BCUT2D eigenvalue weighted by Gasteiger charge is 2.24. The van der Waals surface area contributed by atoms with E-state index in [1.165, 1.54) is 37.1 Å². The number of piperidine rings is 1. The van der Waals surface area contributed by atoms with Crippen molar-refractivity contribution in [3.8, 4) is 5.75 Å². The first-order valence-corrected chi connectivity index (χ1v) is 8.10. The first-order chi connectivity index (χ1) is 10.0. The molecule has 1 N–H and O–H groups in total. The number of aryl methyl sites for hydroxylation is 1. The van der Waals surface area contributed by atoms with Crippen LogP contribution in [0.2, 0.25) is 0 Å². The van der Waals surface area contributed by atoms with Crippen LogP contribution in [0.5, 0.6) is 5.75 Å². The second kappa shape index (κ2) is 7.28. The number of ether oxygens (including phenoxy) is 1. The number of rotatable bonds is 5. The lowest BCUT2D eigenvalue weighted by Gasteiger charge is -2.35. The molecule has 0 aliphatic carbocycles. The van der Waals surface area contributed by atoms with Gasteiger partial charge < -0.3 is 15.0 Å². The van der Waals surface area contributed by atoms with Crippen LogP contribution in [-0.4, -0.2) is 38.2 Å². The van der Waals surface area contributed by atoms with Crippen molar-refractivity contribution in [3.05, 3.63) is 29.3 Å². The van der Waals surface area contributed by atoms with Gasteiger partial charge in [0.15, 0.2) is 0 Å². The molecule has 21 heavy (non-hydrogen) atoms. The van der Waals surface area contributed by atoms with Crippen molar-refractivity contribution >= 4 is 0 Å². The first kappa shape index (κ1) is 16.3. The molecule has 0 aromatic heterocycles. The fourth-order valence-electron chi connectivity index (χ4n) is 3.43. The van der Waals surface area contributed by atoms with E-state index in [9.17, 15) is 0 Å². The molecule has 0 spiro atoms. The molecule has 1 aromatic rings. The predicted octanol–water partition coefficient (Wildman–Crippen LogP) is 3.38. The Morgan fingerprint density at radius 3 is 2.76 bits per heavy atom. The van der Waals surface area contributed by atoms with Crippen LogP contribution in [0.15, 0.2) is 18.2 Å². The Labute approximate surface area is 129 Å². The maximum Gasteiger partial charge on any atom is 0.123 e. The monoisotopic (exact) mass is 290 g/mol. The Balaban J connectivity index is 2.03. The van der Waals surface area contributed by atoms with Crippen molar-refractivity contribution in [2.75, 3.05) is 27.2 Å². The van der Waals surface area contributed by atoms with Crippen LogP contribution in [0.25, 0.3) is 0 Å². The zero-order chi connectivity index (χ0) is 15.4. The Morgan fingerprint density at radius 1 is 1.33 bits per heavy atom. The van der Waals surface area contributed by atoms with Gasteiger partial charge in [-0.3, -0.25) is 0 Å². The van der Waals surface area contributed by atoms with Crippen LogP contribution in [-0.2, 0) is 0 Å². The summed E-state index contributed by atoms with van der Waals surface area (Å²) in [5, 5.41) is 3.78. The van der Waals surface area contributed by atoms with Crippen molar-refractivity contribution in [2.45, 2.75) is 45.7 Å². The number of hydrogen-bond acceptors (Lipinski definition) is 3. The second-order valence-corrected chi connectivity index (χ2v) is 6.59. The van der Waals surface area contributed by atoms with Crippen LogP contribution in [0.4, 0.5) is 0 Å². The Hall–Kier alpha value is -1.06. The van der Waals surface area contributed by atoms with Gasteiger partial charge in [0, 0.05) is 24.2 Å². The molecular formula is C18H30N2O. The summed E-state index contributed by atoms with van der Waals surface area (Å²) in [4.78, 5) is 2.45. The SMILES string of the molecule is COc1ccc(C)cc1C(C)NC(C)C1CCCN(C)C1. The largest absolute Gasteiger partial charge is 0.496 e. The summed E-state index contributed by atoms with van der Waals surface area (Å²) in [5.41, 5.74) is 2.54. The van der Waals surface area contributed by atoms with E-state index in [1.54, 1.807) is 7.11 Å². The van der Waals surface area contributed by atoms with Gasteiger partial charge in [0.2, 0.25) is 0 Å². The number of benzene rings is 1. The van der Waals surface area contributed by atoms with Crippen LogP contribution in [0, 0.1) is 12.8 Å². The van der Waals surface area contributed by atoms with Crippen LogP contribution in [0.3, 0.4) is 0 Å². The topological polar surface area (TPSA) is 24.5 Å². The van der Waals surface area contributed by atoms with Crippen molar-refractivity contribution in [3.63, 3.8) is 0 Å². The average molecular weight is 290 g/mol. The first-order valence-electron chi connectivity index (χ1n) is 8.10. The quantitative estimate of drug-likeness (QED) is 0.899. The van der Waals surface area contributed by atoms with E-state index in [0.29, 0.717) is 12.1 Å². The summed E-state index contributed by atoms with van der Waals surface area (Å²) >= 11 is 0. The molecule has 1 fully saturated rings. The normalized spacial score (nSPS) is 22.8. The standard InChI is InChI=1S/C18H30N2O/c1-13-8-9-18(21-5)17(11-13)15(3)19-14(2)16-7-6-10-20(4)12-16/h8-9,11,14-16,19H,6-7,10,12H2,1-5H3. The van der Waals surface area contributed by atoms with Gasteiger partial charge in [-0.05, 0) is 59.2 Å². The van der Waals surface area contributed by atoms with Crippen LogP contribution in [0.1, 0.15) is 43.9 Å². The van der Waals surface area contributed by atoms with Gasteiger partial charge in [-0.25, -0.2) is 0 Å². The fourth-order valence-corrected chi connectivity index (χ4v) is 3.43. The molecule has 1 aliphatic rings. The highest BCUT2D eigenvalue weighted by molar-refractivity contribution is 5.38. The summed E-state index contributed by atoms with van der Waals surface area (Å²) in [5.74, 6) is 1.72. The van der Waals surface area contributed by atoms with E-state index >= 15 is 0 Å². The number of hydrogen-bond donors (Lipinski definition) is 1. The van der Waals surface area contributed by atoms with Gasteiger partial charge >= 0.3 is 0 Å². The molecule has 2 rings (SSSR count). The van der Waals surface area contributed by atoms with Gasteiger partial charge in [0.1, 0.15) is 5.75 Å². The van der Waals surface area contributed by atoms with E-state index in [4.69, 9.17) is 4.74 Å². The Kier molecular flexibility index (Phi) is 5.65. The third-order valence-electron chi connectivity index (χ3n) is 4.73. The van der Waals surface area contributed by atoms with Crippen molar-refractivity contribution in [1.29, 1.82) is 0 Å². The maximum absolute atomic E-state index is 5.52. The summed E-state index contributed by atoms with van der Waals surface area (Å²) in [6.07, 6.45) is 2.64. The average Bonchev–Trinajstić information content (AvgIpc) is 2.47. The van der Waals surface area contributed by atoms with Gasteiger partial charge in [-0.1, -0.05) is 17.7 Å². The zero-order valence-corrected chi connectivity index (χ0v) is 14.1. The lowest BCUT2D eigenvalue weighted by Crippen LogP contribution is -2.43. The molecule has 0 saturated carbocycles. The third kappa shape index (κ3) is 4.21. The number of nitrogens with one attached hydrogen (secondary N) is 1. The van der Waals surface area contributed by atoms with Crippen molar-refractivity contribution in [2.24, 2.45) is 5.92 Å². The molecule has 1 saturated heterocycles. The maximum atomic E-state index is 5.52. The van der Waals surface area contributed by atoms with E-state index < -0.39 is 0 Å². The molecule has 3 heteroatoms. The zero-order valence-electron chi connectivity index (χ0n) is 14.1. The number of nitrogens with zero attached hydrogens (tertiary/aromatic N) is 1. The highest BCUT2D eigenvalue weighted by Crippen LogP contribution is 2.28. The van der Waals surface area contributed by atoms with E-state index in [-0.39, 0.29) is 0 Å². The van der Waals surface area contributed by atoms with Gasteiger partial charge in [-0.2, -0.15) is 0 Å². The number of likely N-dealkylation sites (tertiary alicyclic amines) is 1. The molecular weight excluding hydrogens is 260 g/mol. The summed E-state index contributed by atoms with van der Waals surface area (Å²) in [6.45, 7) is 9.13. The summed E-state index contributed by atoms with van der Waals surface area (Å²) in [6, 6.07) is 7.24. The molecule has 3 nitrogen and oxygen atoms in total. The summed E-state index contributed by atoms with van der Waals surface area (Å²) in [7, 11) is 3.98. The molecule has 0 radical (unpaired) electrons. The minimum Gasteiger partial charge on any atom is -0.496 e. The van der Waals surface area contributed by atoms with E-state index in [1.807, 2.05) is 0 Å². The van der Waals surface area contributed by atoms with Gasteiger partial charge in [-0.15, -0.1) is 0 Å². The van der Waals surface area contributed by atoms with E-state index in [0.717, 1.165) is 11.7 Å². The van der Waals surface area contributed by atoms with E-state index in [2.05, 4.69) is 56.2 Å². The lowest BCUT2D eigenvalue weighted by molar-refractivity contribution is 0.174. The Morgan fingerprint density at radius 2 is 2.10 bits per heavy atom.